The van der Waals surface area contributed by atoms with E-state index < -0.39 is 0 Å². The Morgan fingerprint density at radius 3 is 2.48 bits per heavy atom. The van der Waals surface area contributed by atoms with E-state index in [4.69, 9.17) is 0 Å². The summed E-state index contributed by atoms with van der Waals surface area (Å²) in [7, 11) is 0. The first kappa shape index (κ1) is 15.6. The zero-order valence-corrected chi connectivity index (χ0v) is 13.3. The van der Waals surface area contributed by atoms with Gasteiger partial charge in [-0.15, -0.1) is 0 Å². The zero-order chi connectivity index (χ0) is 15.2. The minimum Gasteiger partial charge on any atom is -0.317 e. The van der Waals surface area contributed by atoms with Crippen molar-refractivity contribution < 1.29 is 0 Å². The van der Waals surface area contributed by atoms with Crippen LogP contribution in [0.25, 0.3) is 11.4 Å². The van der Waals surface area contributed by atoms with Gasteiger partial charge in [0.25, 0.3) is 0 Å². The highest BCUT2D eigenvalue weighted by molar-refractivity contribution is 5.54. The molecule has 0 amide bonds. The number of rotatable bonds is 6. The molecule has 0 saturated carbocycles. The largest absolute Gasteiger partial charge is 0.317 e. The lowest BCUT2D eigenvalue weighted by atomic mass is 9.98. The number of aromatic nitrogens is 3. The summed E-state index contributed by atoms with van der Waals surface area (Å²) in [6.45, 7) is 10.6. The minimum absolute atomic E-state index is 0.579. The van der Waals surface area contributed by atoms with Gasteiger partial charge in [0.2, 0.25) is 0 Å². The van der Waals surface area contributed by atoms with Crippen molar-refractivity contribution >= 4 is 0 Å². The van der Waals surface area contributed by atoms with E-state index in [2.05, 4.69) is 48.0 Å². The smallest absolute Gasteiger partial charge is 0.161 e. The van der Waals surface area contributed by atoms with Gasteiger partial charge in [-0.25, -0.2) is 9.97 Å². The molecule has 0 aliphatic heterocycles. The van der Waals surface area contributed by atoms with Crippen LogP contribution >= 0.6 is 0 Å². The average molecular weight is 284 g/mol. The van der Waals surface area contributed by atoms with Crippen LogP contribution in [0.5, 0.6) is 0 Å². The number of hydrogen-bond acceptors (Lipinski definition) is 4. The van der Waals surface area contributed by atoms with Crippen molar-refractivity contribution in [1.29, 1.82) is 0 Å². The molecule has 0 radical (unpaired) electrons. The topological polar surface area (TPSA) is 50.7 Å². The first-order chi connectivity index (χ1) is 10.1. The van der Waals surface area contributed by atoms with Crippen LogP contribution in [0.15, 0.2) is 24.5 Å². The second kappa shape index (κ2) is 7.27. The molecule has 21 heavy (non-hydrogen) atoms. The van der Waals surface area contributed by atoms with E-state index >= 15 is 0 Å². The molecular weight excluding hydrogens is 260 g/mol. The molecule has 1 atom stereocenters. The van der Waals surface area contributed by atoms with Gasteiger partial charge in [-0.3, -0.25) is 4.98 Å². The van der Waals surface area contributed by atoms with Crippen LogP contribution in [0.4, 0.5) is 0 Å². The summed E-state index contributed by atoms with van der Waals surface area (Å²) in [6.07, 6.45) is 4.58. The molecule has 112 valence electrons. The summed E-state index contributed by atoms with van der Waals surface area (Å²) in [5.41, 5.74) is 4.39. The number of aryl methyl sites for hydroxylation is 2. The Balaban J connectivity index is 2.22. The number of nitrogens with one attached hydrogen (secondary N) is 1. The third kappa shape index (κ3) is 4.08. The van der Waals surface area contributed by atoms with Crippen LogP contribution in [-0.4, -0.2) is 28.0 Å². The predicted octanol–water partition coefficient (Wildman–Crippen LogP) is 2.94. The summed E-state index contributed by atoms with van der Waals surface area (Å²) in [5.74, 6) is 1.34. The molecule has 0 fully saturated rings. The highest BCUT2D eigenvalue weighted by atomic mass is 14.9. The molecule has 0 bridgehead atoms. The zero-order valence-electron chi connectivity index (χ0n) is 13.3. The molecule has 4 heteroatoms. The Morgan fingerprint density at radius 2 is 1.90 bits per heavy atom. The molecule has 2 aromatic heterocycles. The Bertz CT molecular complexity index is 558. The van der Waals surface area contributed by atoms with Gasteiger partial charge in [-0.05, 0) is 57.0 Å². The summed E-state index contributed by atoms with van der Waals surface area (Å²) >= 11 is 0. The molecule has 2 heterocycles. The van der Waals surface area contributed by atoms with Crippen molar-refractivity contribution in [2.24, 2.45) is 5.92 Å². The standard InChI is InChI=1S/C17H24N4/c1-5-18-10-12(2)9-16-13(3)20-17(21-14(16)4)15-7-6-8-19-11-15/h6-8,11-12,18H,5,9-10H2,1-4H3. The molecule has 0 aliphatic rings. The fraction of sp³-hybridized carbons (Fsp3) is 0.471. The van der Waals surface area contributed by atoms with E-state index in [1.165, 1.54) is 5.56 Å². The molecule has 1 N–H and O–H groups in total. The summed E-state index contributed by atoms with van der Waals surface area (Å²) in [4.78, 5) is 13.5. The van der Waals surface area contributed by atoms with Gasteiger partial charge in [0.1, 0.15) is 0 Å². The van der Waals surface area contributed by atoms with Gasteiger partial charge in [-0.2, -0.15) is 0 Å². The van der Waals surface area contributed by atoms with Gasteiger partial charge in [0, 0.05) is 29.3 Å². The first-order valence-corrected chi connectivity index (χ1v) is 7.57. The predicted molar refractivity (Wildman–Crippen MR) is 86.1 cm³/mol. The molecule has 0 saturated heterocycles. The number of pyridine rings is 1. The van der Waals surface area contributed by atoms with E-state index in [0.717, 1.165) is 42.3 Å². The van der Waals surface area contributed by atoms with Gasteiger partial charge >= 0.3 is 0 Å². The van der Waals surface area contributed by atoms with Crippen molar-refractivity contribution in [3.8, 4) is 11.4 Å². The van der Waals surface area contributed by atoms with E-state index in [1.807, 2.05) is 18.3 Å². The Morgan fingerprint density at radius 1 is 1.19 bits per heavy atom. The average Bonchev–Trinajstić information content (AvgIpc) is 2.49. The molecule has 1 unspecified atom stereocenters. The molecular formula is C17H24N4. The lowest BCUT2D eigenvalue weighted by Crippen LogP contribution is -2.22. The maximum absolute atomic E-state index is 4.67. The van der Waals surface area contributed by atoms with Crippen LogP contribution in [0.2, 0.25) is 0 Å². The van der Waals surface area contributed by atoms with Crippen LogP contribution < -0.4 is 5.32 Å². The van der Waals surface area contributed by atoms with Crippen LogP contribution in [0.1, 0.15) is 30.8 Å². The normalized spacial score (nSPS) is 12.4. The molecule has 4 nitrogen and oxygen atoms in total. The van der Waals surface area contributed by atoms with Gasteiger partial charge < -0.3 is 5.32 Å². The molecule has 2 aromatic rings. The fourth-order valence-electron chi connectivity index (χ4n) is 2.47. The Hall–Kier alpha value is -1.81. The van der Waals surface area contributed by atoms with E-state index in [9.17, 15) is 0 Å². The monoisotopic (exact) mass is 284 g/mol. The highest BCUT2D eigenvalue weighted by Crippen LogP contribution is 2.20. The summed E-state index contributed by atoms with van der Waals surface area (Å²) in [6, 6.07) is 3.91. The molecule has 0 spiro atoms. The molecule has 0 aliphatic carbocycles. The van der Waals surface area contributed by atoms with Crippen molar-refractivity contribution in [3.05, 3.63) is 41.5 Å². The fourth-order valence-corrected chi connectivity index (χ4v) is 2.47. The van der Waals surface area contributed by atoms with E-state index in [-0.39, 0.29) is 0 Å². The lowest BCUT2D eigenvalue weighted by Gasteiger charge is -2.16. The quantitative estimate of drug-likeness (QED) is 0.886. The number of hydrogen-bond donors (Lipinski definition) is 1. The van der Waals surface area contributed by atoms with Gasteiger partial charge in [0.15, 0.2) is 5.82 Å². The lowest BCUT2D eigenvalue weighted by molar-refractivity contribution is 0.517. The maximum atomic E-state index is 4.67. The van der Waals surface area contributed by atoms with Crippen LogP contribution in [-0.2, 0) is 6.42 Å². The SMILES string of the molecule is CCNCC(C)Cc1c(C)nc(-c2cccnc2)nc1C. The van der Waals surface area contributed by atoms with Crippen molar-refractivity contribution in [1.82, 2.24) is 20.3 Å². The third-order valence-corrected chi connectivity index (χ3v) is 3.64. The molecule has 2 rings (SSSR count). The van der Waals surface area contributed by atoms with Crippen molar-refractivity contribution in [2.75, 3.05) is 13.1 Å². The maximum Gasteiger partial charge on any atom is 0.161 e. The van der Waals surface area contributed by atoms with Crippen molar-refractivity contribution in [3.63, 3.8) is 0 Å². The van der Waals surface area contributed by atoms with Crippen LogP contribution in [0.3, 0.4) is 0 Å². The second-order valence-corrected chi connectivity index (χ2v) is 5.56. The first-order valence-electron chi connectivity index (χ1n) is 7.57. The van der Waals surface area contributed by atoms with Crippen LogP contribution in [0, 0.1) is 19.8 Å². The van der Waals surface area contributed by atoms with E-state index in [1.54, 1.807) is 6.20 Å². The summed E-state index contributed by atoms with van der Waals surface area (Å²) < 4.78 is 0. The second-order valence-electron chi connectivity index (χ2n) is 5.56. The molecule has 0 aromatic carbocycles. The van der Waals surface area contributed by atoms with Gasteiger partial charge in [0.05, 0.1) is 0 Å². The van der Waals surface area contributed by atoms with Gasteiger partial charge in [-0.1, -0.05) is 13.8 Å². The number of nitrogens with zero attached hydrogens (tertiary/aromatic N) is 3. The minimum atomic E-state index is 0.579. The van der Waals surface area contributed by atoms with E-state index in [0.29, 0.717) is 5.92 Å². The van der Waals surface area contributed by atoms with Crippen molar-refractivity contribution in [2.45, 2.75) is 34.1 Å². The summed E-state index contributed by atoms with van der Waals surface area (Å²) in [5, 5.41) is 3.40. The Kier molecular flexibility index (Phi) is 5.39. The third-order valence-electron chi connectivity index (χ3n) is 3.64. The Labute approximate surface area is 127 Å². The highest BCUT2D eigenvalue weighted by Gasteiger charge is 2.13.